The van der Waals surface area contributed by atoms with Gasteiger partial charge in [0.1, 0.15) is 0 Å². The first kappa shape index (κ1) is 19.4. The number of fused-ring (bicyclic) bond motifs is 3. The van der Waals surface area contributed by atoms with Crippen molar-refractivity contribution < 1.29 is 9.47 Å². The van der Waals surface area contributed by atoms with E-state index in [0.29, 0.717) is 12.0 Å². The number of morpholine rings is 1. The van der Waals surface area contributed by atoms with Crippen molar-refractivity contribution in [1.29, 1.82) is 0 Å². The summed E-state index contributed by atoms with van der Waals surface area (Å²) in [7, 11) is 0. The van der Waals surface area contributed by atoms with Gasteiger partial charge < -0.3 is 19.7 Å². The van der Waals surface area contributed by atoms with Crippen molar-refractivity contribution in [3.05, 3.63) is 23.8 Å². The fourth-order valence-electron chi connectivity index (χ4n) is 5.68. The number of hydrogen-bond acceptors (Lipinski definition) is 4. The van der Waals surface area contributed by atoms with Gasteiger partial charge in [-0.2, -0.15) is 0 Å². The second-order valence-electron chi connectivity index (χ2n) is 8.54. The summed E-state index contributed by atoms with van der Waals surface area (Å²) in [5, 5.41) is 3.97. The summed E-state index contributed by atoms with van der Waals surface area (Å²) in [6.45, 7) is 4.57. The van der Waals surface area contributed by atoms with Gasteiger partial charge in [0.05, 0.1) is 19.3 Å². The minimum atomic E-state index is 0. The van der Waals surface area contributed by atoms with E-state index in [2.05, 4.69) is 28.4 Å². The average molecular weight is 393 g/mol. The van der Waals surface area contributed by atoms with Crippen LogP contribution in [0.25, 0.3) is 0 Å². The molecule has 2 saturated heterocycles. The largest absolute Gasteiger partial charge is 0.381 e. The lowest BCUT2D eigenvalue weighted by atomic mass is 9.71. The highest BCUT2D eigenvalue weighted by molar-refractivity contribution is 5.85. The summed E-state index contributed by atoms with van der Waals surface area (Å²) in [6.07, 6.45) is 9.82. The normalized spacial score (nSPS) is 31.3. The van der Waals surface area contributed by atoms with E-state index in [0.717, 1.165) is 38.8 Å². The molecule has 150 valence electrons. The van der Waals surface area contributed by atoms with Crippen LogP contribution in [0, 0.1) is 11.8 Å². The molecule has 4 nitrogen and oxygen atoms in total. The maximum absolute atomic E-state index is 6.39. The van der Waals surface area contributed by atoms with Crippen LogP contribution in [0.2, 0.25) is 0 Å². The van der Waals surface area contributed by atoms with Crippen LogP contribution in [0.15, 0.2) is 18.2 Å². The van der Waals surface area contributed by atoms with E-state index in [1.165, 1.54) is 61.9 Å². The molecular weight excluding hydrogens is 360 g/mol. The summed E-state index contributed by atoms with van der Waals surface area (Å²) >= 11 is 0. The van der Waals surface area contributed by atoms with Gasteiger partial charge in [-0.15, -0.1) is 12.4 Å². The third-order valence-electron chi connectivity index (χ3n) is 7.03. The fraction of sp³-hybridized carbons (Fsp3) is 0.727. The van der Waals surface area contributed by atoms with Crippen molar-refractivity contribution in [2.24, 2.45) is 11.8 Å². The first-order valence-corrected chi connectivity index (χ1v) is 10.7. The third-order valence-corrected chi connectivity index (χ3v) is 7.03. The molecule has 27 heavy (non-hydrogen) atoms. The van der Waals surface area contributed by atoms with E-state index in [9.17, 15) is 0 Å². The van der Waals surface area contributed by atoms with Crippen LogP contribution < -0.4 is 10.2 Å². The molecule has 5 heteroatoms. The molecule has 0 spiro atoms. The van der Waals surface area contributed by atoms with Crippen LogP contribution in [-0.2, 0) is 9.47 Å². The minimum Gasteiger partial charge on any atom is -0.381 e. The van der Waals surface area contributed by atoms with Crippen LogP contribution in [0.5, 0.6) is 0 Å². The molecule has 1 aromatic rings. The van der Waals surface area contributed by atoms with Gasteiger partial charge in [-0.3, -0.25) is 0 Å². The van der Waals surface area contributed by atoms with Gasteiger partial charge in [-0.1, -0.05) is 19.3 Å². The Hall–Kier alpha value is -0.970. The average Bonchev–Trinajstić information content (AvgIpc) is 2.74. The van der Waals surface area contributed by atoms with Gasteiger partial charge in [-0.05, 0) is 49.8 Å². The number of nitrogens with zero attached hydrogens (tertiary/aromatic N) is 1. The summed E-state index contributed by atoms with van der Waals surface area (Å²) < 4.78 is 11.9. The lowest BCUT2D eigenvalue weighted by Gasteiger charge is -2.47. The Morgan fingerprint density at radius 1 is 0.926 bits per heavy atom. The molecule has 3 atom stereocenters. The Labute approximate surface area is 169 Å². The Morgan fingerprint density at radius 2 is 1.74 bits per heavy atom. The van der Waals surface area contributed by atoms with Gasteiger partial charge in [0.2, 0.25) is 0 Å². The van der Waals surface area contributed by atoms with Crippen LogP contribution in [0.4, 0.5) is 11.4 Å². The van der Waals surface area contributed by atoms with Crippen LogP contribution in [0.3, 0.4) is 0 Å². The van der Waals surface area contributed by atoms with E-state index in [4.69, 9.17) is 9.47 Å². The molecule has 1 saturated carbocycles. The highest BCUT2D eigenvalue weighted by atomic mass is 35.5. The van der Waals surface area contributed by atoms with Gasteiger partial charge in [0.15, 0.2) is 0 Å². The van der Waals surface area contributed by atoms with Crippen molar-refractivity contribution in [1.82, 2.24) is 0 Å². The lowest BCUT2D eigenvalue weighted by Crippen LogP contribution is -2.46. The Morgan fingerprint density at radius 3 is 2.56 bits per heavy atom. The smallest absolute Gasteiger partial charge is 0.0893 e. The first-order valence-electron chi connectivity index (χ1n) is 10.7. The van der Waals surface area contributed by atoms with E-state index < -0.39 is 0 Å². The summed E-state index contributed by atoms with van der Waals surface area (Å²) in [5.74, 6) is 1.46. The number of nitrogens with one attached hydrogen (secondary N) is 1. The number of ether oxygens (including phenoxy) is 2. The maximum atomic E-state index is 6.39. The Bertz CT molecular complexity index is 629. The minimum absolute atomic E-state index is 0. The molecule has 3 heterocycles. The quantitative estimate of drug-likeness (QED) is 0.784. The Kier molecular flexibility index (Phi) is 6.15. The maximum Gasteiger partial charge on any atom is 0.0893 e. The number of hydrogen-bond donors (Lipinski definition) is 1. The molecule has 0 radical (unpaired) electrons. The lowest BCUT2D eigenvalue weighted by molar-refractivity contribution is -0.0457. The van der Waals surface area contributed by atoms with Crippen molar-refractivity contribution in [3.63, 3.8) is 0 Å². The van der Waals surface area contributed by atoms with Crippen molar-refractivity contribution in [2.45, 2.75) is 57.1 Å². The second kappa shape index (κ2) is 8.59. The summed E-state index contributed by atoms with van der Waals surface area (Å²) in [6, 6.07) is 7.60. The number of rotatable bonds is 2. The molecule has 0 bridgehead atoms. The zero-order valence-corrected chi connectivity index (χ0v) is 17.0. The van der Waals surface area contributed by atoms with Gasteiger partial charge in [0.25, 0.3) is 0 Å². The predicted octanol–water partition coefficient (Wildman–Crippen LogP) is 4.79. The van der Waals surface area contributed by atoms with Crippen molar-refractivity contribution in [2.75, 3.05) is 43.1 Å². The van der Waals surface area contributed by atoms with Gasteiger partial charge >= 0.3 is 0 Å². The van der Waals surface area contributed by atoms with Crippen LogP contribution >= 0.6 is 12.4 Å². The molecule has 5 rings (SSSR count). The molecule has 0 amide bonds. The molecular formula is C22H33ClN2O2. The number of anilines is 2. The molecule has 1 N–H and O–H groups in total. The van der Waals surface area contributed by atoms with Crippen LogP contribution in [-0.4, -0.2) is 39.0 Å². The molecule has 3 fully saturated rings. The third kappa shape index (κ3) is 3.81. The second-order valence-corrected chi connectivity index (χ2v) is 8.54. The first-order chi connectivity index (χ1) is 12.9. The molecule has 1 aromatic carbocycles. The number of halogens is 1. The molecule has 0 aromatic heterocycles. The van der Waals surface area contributed by atoms with Crippen molar-refractivity contribution in [3.8, 4) is 0 Å². The number of benzene rings is 1. The SMILES string of the molecule is Cl.c1cc2c(cc1N1CCOCC1)[C@H]1OCCC[C@H]1[C@@H](C1CCCCC1)N2. The van der Waals surface area contributed by atoms with E-state index >= 15 is 0 Å². The molecule has 4 aliphatic rings. The van der Waals surface area contributed by atoms with Gasteiger partial charge in [-0.25, -0.2) is 0 Å². The zero-order valence-electron chi connectivity index (χ0n) is 16.2. The highest BCUT2D eigenvalue weighted by Gasteiger charge is 2.42. The molecule has 1 aliphatic carbocycles. The fourth-order valence-corrected chi connectivity index (χ4v) is 5.68. The summed E-state index contributed by atoms with van der Waals surface area (Å²) in [5.41, 5.74) is 4.05. The van der Waals surface area contributed by atoms with Crippen LogP contribution in [0.1, 0.15) is 56.6 Å². The monoisotopic (exact) mass is 392 g/mol. The van der Waals surface area contributed by atoms with Gasteiger partial charge in [0, 0.05) is 48.6 Å². The topological polar surface area (TPSA) is 33.7 Å². The Balaban J connectivity index is 0.00000180. The van der Waals surface area contributed by atoms with E-state index in [1.807, 2.05) is 0 Å². The van der Waals surface area contributed by atoms with Crippen molar-refractivity contribution >= 4 is 23.8 Å². The highest BCUT2D eigenvalue weighted by Crippen LogP contribution is 2.48. The molecule has 3 aliphatic heterocycles. The zero-order chi connectivity index (χ0) is 17.3. The molecule has 0 unspecified atom stereocenters. The summed E-state index contributed by atoms with van der Waals surface area (Å²) in [4.78, 5) is 2.45. The van der Waals surface area contributed by atoms with E-state index in [-0.39, 0.29) is 18.5 Å². The predicted molar refractivity (Wildman–Crippen MR) is 112 cm³/mol. The van der Waals surface area contributed by atoms with E-state index in [1.54, 1.807) is 0 Å². The standard InChI is InChI=1S/C22H32N2O2.ClH/c1-2-5-16(6-3-1)21-18-7-4-12-26-22(18)19-15-17(8-9-20(19)23-21)24-10-13-25-14-11-24;/h8-9,15-16,18,21-23H,1-7,10-14H2;1H/t18-,21+,22-;/m0./s1.